The van der Waals surface area contributed by atoms with Gasteiger partial charge in [-0.2, -0.15) is 0 Å². The van der Waals surface area contributed by atoms with Crippen molar-refractivity contribution in [3.63, 3.8) is 0 Å². The maximum absolute atomic E-state index is 10.0. The number of carbonyl (C=O) groups is 1. The van der Waals surface area contributed by atoms with E-state index in [-0.39, 0.29) is 5.92 Å². The highest BCUT2D eigenvalue weighted by Gasteiger charge is 2.26. The lowest BCUT2D eigenvalue weighted by Crippen LogP contribution is -2.43. The standard InChI is InChI=1S/C9H17NO3/c11-6-10-9(13)8(12)7-4-2-1-3-5-7/h6-9,12-13H,1-5H2,(H,10,11). The molecule has 1 aliphatic rings. The van der Waals surface area contributed by atoms with Crippen LogP contribution in [0.1, 0.15) is 32.1 Å². The average Bonchev–Trinajstić information content (AvgIpc) is 2.18. The molecule has 76 valence electrons. The Morgan fingerprint density at radius 2 is 1.85 bits per heavy atom. The summed E-state index contributed by atoms with van der Waals surface area (Å²) in [5.41, 5.74) is 0. The smallest absolute Gasteiger partial charge is 0.209 e. The van der Waals surface area contributed by atoms with Crippen molar-refractivity contribution in [2.75, 3.05) is 0 Å². The van der Waals surface area contributed by atoms with Crippen LogP contribution in [0.15, 0.2) is 0 Å². The zero-order valence-electron chi connectivity index (χ0n) is 7.65. The largest absolute Gasteiger partial charge is 0.388 e. The van der Waals surface area contributed by atoms with Gasteiger partial charge in [-0.05, 0) is 18.8 Å². The van der Waals surface area contributed by atoms with Crippen LogP contribution in [-0.4, -0.2) is 29.0 Å². The minimum atomic E-state index is -1.11. The maximum atomic E-state index is 10.0. The van der Waals surface area contributed by atoms with Gasteiger partial charge in [0.05, 0.1) is 0 Å². The van der Waals surface area contributed by atoms with Crippen LogP contribution in [-0.2, 0) is 4.79 Å². The number of nitrogens with one attached hydrogen (secondary N) is 1. The molecule has 3 N–H and O–H groups in total. The first-order valence-electron chi connectivity index (χ1n) is 4.81. The van der Waals surface area contributed by atoms with Crippen molar-refractivity contribution in [3.8, 4) is 0 Å². The summed E-state index contributed by atoms with van der Waals surface area (Å²) in [4.78, 5) is 10.0. The molecule has 2 atom stereocenters. The van der Waals surface area contributed by atoms with Crippen LogP contribution in [0, 0.1) is 5.92 Å². The van der Waals surface area contributed by atoms with Gasteiger partial charge in [-0.3, -0.25) is 4.79 Å². The van der Waals surface area contributed by atoms with E-state index in [9.17, 15) is 15.0 Å². The number of amides is 1. The minimum Gasteiger partial charge on any atom is -0.388 e. The third kappa shape index (κ3) is 2.97. The molecule has 1 aliphatic carbocycles. The first-order chi connectivity index (χ1) is 6.25. The van der Waals surface area contributed by atoms with E-state index in [0.29, 0.717) is 6.41 Å². The van der Waals surface area contributed by atoms with Crippen LogP contribution in [0.2, 0.25) is 0 Å². The Labute approximate surface area is 78.0 Å². The molecule has 0 aromatic rings. The fourth-order valence-electron chi connectivity index (χ4n) is 1.90. The topological polar surface area (TPSA) is 69.6 Å². The van der Waals surface area contributed by atoms with Gasteiger partial charge in [0, 0.05) is 0 Å². The Morgan fingerprint density at radius 1 is 1.23 bits per heavy atom. The summed E-state index contributed by atoms with van der Waals surface area (Å²) in [6.45, 7) is 0. The second-order valence-corrected chi connectivity index (χ2v) is 3.62. The zero-order valence-corrected chi connectivity index (χ0v) is 7.65. The van der Waals surface area contributed by atoms with E-state index in [4.69, 9.17) is 0 Å². The van der Waals surface area contributed by atoms with Gasteiger partial charge in [-0.15, -0.1) is 0 Å². The normalized spacial score (nSPS) is 23.5. The molecule has 4 nitrogen and oxygen atoms in total. The molecular formula is C9H17NO3. The van der Waals surface area contributed by atoms with Crippen molar-refractivity contribution in [1.29, 1.82) is 0 Å². The SMILES string of the molecule is O=CNC(O)C(O)C1CCCCC1. The van der Waals surface area contributed by atoms with Crippen molar-refractivity contribution in [2.24, 2.45) is 5.92 Å². The summed E-state index contributed by atoms with van der Waals surface area (Å²) in [7, 11) is 0. The monoisotopic (exact) mass is 187 g/mol. The van der Waals surface area contributed by atoms with Crippen LogP contribution in [0.25, 0.3) is 0 Å². The van der Waals surface area contributed by atoms with Crippen LogP contribution in [0.5, 0.6) is 0 Å². The van der Waals surface area contributed by atoms with Gasteiger partial charge in [0.1, 0.15) is 6.10 Å². The Morgan fingerprint density at radius 3 is 2.38 bits per heavy atom. The number of aliphatic hydroxyl groups excluding tert-OH is 2. The highest BCUT2D eigenvalue weighted by Crippen LogP contribution is 2.27. The van der Waals surface area contributed by atoms with Crippen molar-refractivity contribution in [1.82, 2.24) is 5.32 Å². The third-order valence-corrected chi connectivity index (χ3v) is 2.70. The van der Waals surface area contributed by atoms with E-state index in [2.05, 4.69) is 5.32 Å². The summed E-state index contributed by atoms with van der Waals surface area (Å²) in [6.07, 6.45) is 3.80. The molecule has 0 aliphatic heterocycles. The lowest BCUT2D eigenvalue weighted by atomic mass is 9.85. The van der Waals surface area contributed by atoms with Crippen molar-refractivity contribution in [3.05, 3.63) is 0 Å². The first kappa shape index (κ1) is 10.5. The van der Waals surface area contributed by atoms with Crippen molar-refractivity contribution < 1.29 is 15.0 Å². The number of carbonyl (C=O) groups excluding carboxylic acids is 1. The zero-order chi connectivity index (χ0) is 9.68. The highest BCUT2D eigenvalue weighted by atomic mass is 16.3. The summed E-state index contributed by atoms with van der Waals surface area (Å²) >= 11 is 0. The molecule has 1 amide bonds. The second-order valence-electron chi connectivity index (χ2n) is 3.62. The summed E-state index contributed by atoms with van der Waals surface area (Å²) < 4.78 is 0. The number of aliphatic hydroxyl groups is 2. The molecule has 0 aromatic heterocycles. The molecular weight excluding hydrogens is 170 g/mol. The highest BCUT2D eigenvalue weighted by molar-refractivity contribution is 5.46. The quantitative estimate of drug-likeness (QED) is 0.428. The molecule has 1 saturated carbocycles. The van der Waals surface area contributed by atoms with E-state index < -0.39 is 12.3 Å². The first-order valence-corrected chi connectivity index (χ1v) is 4.81. The Bertz CT molecular complexity index is 157. The van der Waals surface area contributed by atoms with Crippen LogP contribution < -0.4 is 5.32 Å². The minimum absolute atomic E-state index is 0.135. The number of hydrogen-bond acceptors (Lipinski definition) is 3. The van der Waals surface area contributed by atoms with Crippen LogP contribution >= 0.6 is 0 Å². The third-order valence-electron chi connectivity index (χ3n) is 2.70. The Hall–Kier alpha value is -0.610. The predicted molar refractivity (Wildman–Crippen MR) is 47.8 cm³/mol. The molecule has 1 fully saturated rings. The molecule has 0 saturated heterocycles. The summed E-state index contributed by atoms with van der Waals surface area (Å²) in [6, 6.07) is 0. The molecule has 0 heterocycles. The molecule has 2 unspecified atom stereocenters. The van der Waals surface area contributed by atoms with Gasteiger partial charge < -0.3 is 15.5 Å². The van der Waals surface area contributed by atoms with Crippen molar-refractivity contribution >= 4 is 6.41 Å². The van der Waals surface area contributed by atoms with Gasteiger partial charge in [0.25, 0.3) is 0 Å². The molecule has 0 aromatic carbocycles. The van der Waals surface area contributed by atoms with Crippen LogP contribution in [0.3, 0.4) is 0 Å². The predicted octanol–water partition coefficient (Wildman–Crippen LogP) is -0.00800. The molecule has 13 heavy (non-hydrogen) atoms. The maximum Gasteiger partial charge on any atom is 0.209 e. The van der Waals surface area contributed by atoms with Crippen LogP contribution in [0.4, 0.5) is 0 Å². The summed E-state index contributed by atoms with van der Waals surface area (Å²) in [5, 5.41) is 21.0. The Balaban J connectivity index is 2.35. The van der Waals surface area contributed by atoms with E-state index in [1.165, 1.54) is 6.42 Å². The van der Waals surface area contributed by atoms with E-state index >= 15 is 0 Å². The average molecular weight is 187 g/mol. The van der Waals surface area contributed by atoms with E-state index in [1.807, 2.05) is 0 Å². The van der Waals surface area contributed by atoms with E-state index in [1.54, 1.807) is 0 Å². The summed E-state index contributed by atoms with van der Waals surface area (Å²) in [5.74, 6) is 0.135. The molecule has 4 heteroatoms. The lowest BCUT2D eigenvalue weighted by Gasteiger charge is -2.29. The fourth-order valence-corrected chi connectivity index (χ4v) is 1.90. The second kappa shape index (κ2) is 5.19. The number of hydrogen-bond donors (Lipinski definition) is 3. The van der Waals surface area contributed by atoms with Gasteiger partial charge in [-0.25, -0.2) is 0 Å². The van der Waals surface area contributed by atoms with Gasteiger partial charge in [0.2, 0.25) is 6.41 Å². The molecule has 0 radical (unpaired) electrons. The number of rotatable bonds is 4. The molecule has 0 bridgehead atoms. The fraction of sp³-hybridized carbons (Fsp3) is 0.889. The van der Waals surface area contributed by atoms with Gasteiger partial charge >= 0.3 is 0 Å². The van der Waals surface area contributed by atoms with E-state index in [0.717, 1.165) is 25.7 Å². The lowest BCUT2D eigenvalue weighted by molar-refractivity contribution is -0.116. The molecule has 1 rings (SSSR count). The van der Waals surface area contributed by atoms with Gasteiger partial charge in [-0.1, -0.05) is 19.3 Å². The Kier molecular flexibility index (Phi) is 4.18. The van der Waals surface area contributed by atoms with Crippen molar-refractivity contribution in [2.45, 2.75) is 44.4 Å². The molecule has 0 spiro atoms. The van der Waals surface area contributed by atoms with Gasteiger partial charge in [0.15, 0.2) is 6.23 Å².